The second-order valence-electron chi connectivity index (χ2n) is 9.14. The predicted molar refractivity (Wildman–Crippen MR) is 101 cm³/mol. The van der Waals surface area contributed by atoms with Gasteiger partial charge in [0.05, 0.1) is 0 Å². The summed E-state index contributed by atoms with van der Waals surface area (Å²) < 4.78 is 0. The highest BCUT2D eigenvalue weighted by atomic mass is 14.7. The minimum Gasteiger partial charge on any atom is -0.327 e. The highest BCUT2D eigenvalue weighted by molar-refractivity contribution is 5.14. The Labute approximate surface area is 148 Å². The van der Waals surface area contributed by atoms with E-state index in [1.807, 2.05) is 0 Å². The van der Waals surface area contributed by atoms with Gasteiger partial charge < -0.3 is 11.5 Å². The van der Waals surface area contributed by atoms with E-state index in [-0.39, 0.29) is 0 Å². The Morgan fingerprint density at radius 3 is 1.46 bits per heavy atom. The second kappa shape index (κ2) is 7.33. The molecule has 0 radical (unpaired) electrons. The largest absolute Gasteiger partial charge is 0.327 e. The maximum Gasteiger partial charge on any atom is 0.0107 e. The highest BCUT2D eigenvalue weighted by Crippen LogP contribution is 2.47. The Morgan fingerprint density at radius 2 is 1.00 bits per heavy atom. The van der Waals surface area contributed by atoms with Gasteiger partial charge >= 0.3 is 0 Å². The third-order valence-corrected chi connectivity index (χ3v) is 7.84. The van der Waals surface area contributed by atoms with Crippen LogP contribution in [0.2, 0.25) is 0 Å². The zero-order valence-corrected chi connectivity index (χ0v) is 15.2. The number of fused-ring (bicyclic) bond motifs is 2. The van der Waals surface area contributed by atoms with Gasteiger partial charge in [0.15, 0.2) is 0 Å². The maximum atomic E-state index is 6.46. The Bertz CT molecular complexity index is 438. The first-order valence-electron chi connectivity index (χ1n) is 10.6. The number of hydrogen-bond donors (Lipinski definition) is 2. The fourth-order valence-electron chi connectivity index (χ4n) is 6.68. The molecule has 0 aromatic carbocycles. The van der Waals surface area contributed by atoms with Gasteiger partial charge in [-0.25, -0.2) is 0 Å². The van der Waals surface area contributed by atoms with Crippen molar-refractivity contribution in [2.75, 3.05) is 0 Å². The van der Waals surface area contributed by atoms with Crippen molar-refractivity contribution in [3.63, 3.8) is 0 Å². The molecule has 0 aromatic heterocycles. The van der Waals surface area contributed by atoms with Gasteiger partial charge in [-0.15, -0.1) is 0 Å². The number of rotatable bonds is 3. The molecule has 0 spiro atoms. The van der Waals surface area contributed by atoms with E-state index >= 15 is 0 Å². The Morgan fingerprint density at radius 1 is 0.583 bits per heavy atom. The van der Waals surface area contributed by atoms with Crippen molar-refractivity contribution in [3.05, 3.63) is 24.3 Å². The number of hydrogen-bond acceptors (Lipinski definition) is 2. The van der Waals surface area contributed by atoms with Crippen LogP contribution >= 0.6 is 0 Å². The Hall–Kier alpha value is -0.600. The van der Waals surface area contributed by atoms with E-state index < -0.39 is 0 Å². The zero-order chi connectivity index (χ0) is 16.5. The zero-order valence-electron chi connectivity index (χ0n) is 15.2. The van der Waals surface area contributed by atoms with Crippen molar-refractivity contribution < 1.29 is 0 Å². The van der Waals surface area contributed by atoms with Crippen LogP contribution in [0.25, 0.3) is 0 Å². The van der Waals surface area contributed by atoms with Crippen LogP contribution in [0, 0.1) is 35.5 Å². The van der Waals surface area contributed by atoms with Gasteiger partial charge in [-0.05, 0) is 61.2 Å². The Kier molecular flexibility index (Phi) is 5.15. The summed E-state index contributed by atoms with van der Waals surface area (Å²) >= 11 is 0. The molecule has 0 unspecified atom stereocenters. The molecule has 0 saturated heterocycles. The first-order valence-corrected chi connectivity index (χ1v) is 10.6. The van der Waals surface area contributed by atoms with Crippen LogP contribution in [0.3, 0.4) is 0 Å². The van der Waals surface area contributed by atoms with Crippen LogP contribution in [0.15, 0.2) is 24.3 Å². The maximum absolute atomic E-state index is 6.46. The lowest BCUT2D eigenvalue weighted by Crippen LogP contribution is -2.27. The van der Waals surface area contributed by atoms with Gasteiger partial charge in [0.1, 0.15) is 0 Å². The molecule has 2 nitrogen and oxygen atoms in total. The standard InChI is InChI=1S/C22H36N2/c23-21-13-15-7-1-3-9-17(15)19(21)11-5-6-12-20-18-10-4-2-8-16(18)14-22(20)24/h5-6,11-12,15-22H,1-4,7-10,13-14,23-24H2/b11-5-,12-6+/t15-,16-,17+,18+,19-,20-,21+,22-/m0/s1. The van der Waals surface area contributed by atoms with Gasteiger partial charge in [0.2, 0.25) is 0 Å². The monoisotopic (exact) mass is 328 g/mol. The summed E-state index contributed by atoms with van der Waals surface area (Å²) in [6.45, 7) is 0. The normalized spacial score (nSPS) is 48.9. The topological polar surface area (TPSA) is 52.0 Å². The van der Waals surface area contributed by atoms with Crippen LogP contribution in [0.1, 0.15) is 64.2 Å². The molecule has 4 saturated carbocycles. The molecule has 4 N–H and O–H groups in total. The molecule has 24 heavy (non-hydrogen) atoms. The van der Waals surface area contributed by atoms with Crippen LogP contribution in [0.5, 0.6) is 0 Å². The lowest BCUT2D eigenvalue weighted by Gasteiger charge is -2.28. The summed E-state index contributed by atoms with van der Waals surface area (Å²) in [6, 6.07) is 0.776. The summed E-state index contributed by atoms with van der Waals surface area (Å²) in [5.74, 6) is 4.74. The summed E-state index contributed by atoms with van der Waals surface area (Å²) in [4.78, 5) is 0. The molecular formula is C22H36N2. The third-order valence-electron chi connectivity index (χ3n) is 7.84. The summed E-state index contributed by atoms with van der Waals surface area (Å²) in [7, 11) is 0. The lowest BCUT2D eigenvalue weighted by atomic mass is 9.77. The molecule has 2 heteroatoms. The molecule has 4 rings (SSSR count). The molecule has 134 valence electrons. The fraction of sp³-hybridized carbons (Fsp3) is 0.818. The Balaban J connectivity index is 1.37. The predicted octanol–water partition coefficient (Wildman–Crippen LogP) is 4.41. The molecule has 0 aromatic rings. The fourth-order valence-corrected chi connectivity index (χ4v) is 6.68. The molecule has 0 bridgehead atoms. The van der Waals surface area contributed by atoms with Crippen molar-refractivity contribution in [1.29, 1.82) is 0 Å². The van der Waals surface area contributed by atoms with Gasteiger partial charge in [-0.3, -0.25) is 0 Å². The molecule has 4 aliphatic rings. The van der Waals surface area contributed by atoms with E-state index in [4.69, 9.17) is 11.5 Å². The summed E-state index contributed by atoms with van der Waals surface area (Å²) in [6.07, 6.45) is 23.2. The van der Waals surface area contributed by atoms with Gasteiger partial charge in [0.25, 0.3) is 0 Å². The molecule has 4 fully saturated rings. The summed E-state index contributed by atoms with van der Waals surface area (Å²) in [5.41, 5.74) is 12.9. The smallest absolute Gasteiger partial charge is 0.0107 e. The van der Waals surface area contributed by atoms with E-state index in [0.29, 0.717) is 23.9 Å². The molecule has 0 amide bonds. The van der Waals surface area contributed by atoms with E-state index in [2.05, 4.69) is 24.3 Å². The van der Waals surface area contributed by atoms with Gasteiger partial charge in [-0.1, -0.05) is 62.8 Å². The average Bonchev–Trinajstić information content (AvgIpc) is 3.08. The molecule has 0 aliphatic heterocycles. The SMILES string of the molecule is N[C@@H]1C[C@@H]2CCCC[C@H]2[C@@H]1/C=C\C=C\[C@H]1[C@@H]2CCCC[C@H]2C[C@@H]1N. The van der Waals surface area contributed by atoms with Crippen molar-refractivity contribution >= 4 is 0 Å². The van der Waals surface area contributed by atoms with Crippen molar-refractivity contribution in [3.8, 4) is 0 Å². The van der Waals surface area contributed by atoms with Crippen molar-refractivity contribution in [2.24, 2.45) is 47.0 Å². The molecule has 4 aliphatic carbocycles. The number of allylic oxidation sites excluding steroid dienone is 2. The van der Waals surface area contributed by atoms with Crippen LogP contribution < -0.4 is 11.5 Å². The molecular weight excluding hydrogens is 292 g/mol. The second-order valence-corrected chi connectivity index (χ2v) is 9.14. The first-order chi connectivity index (χ1) is 11.7. The van der Waals surface area contributed by atoms with Crippen LogP contribution in [-0.4, -0.2) is 12.1 Å². The lowest BCUT2D eigenvalue weighted by molar-refractivity contribution is 0.248. The third kappa shape index (κ3) is 3.24. The van der Waals surface area contributed by atoms with Crippen molar-refractivity contribution in [2.45, 2.75) is 76.3 Å². The average molecular weight is 329 g/mol. The quantitative estimate of drug-likeness (QED) is 0.754. The van der Waals surface area contributed by atoms with Crippen LogP contribution in [0.4, 0.5) is 0 Å². The molecule has 0 heterocycles. The van der Waals surface area contributed by atoms with Crippen LogP contribution in [-0.2, 0) is 0 Å². The number of nitrogens with two attached hydrogens (primary N) is 2. The minimum absolute atomic E-state index is 0.388. The highest BCUT2D eigenvalue weighted by Gasteiger charge is 2.41. The summed E-state index contributed by atoms with van der Waals surface area (Å²) in [5, 5.41) is 0. The van der Waals surface area contributed by atoms with Crippen molar-refractivity contribution in [1.82, 2.24) is 0 Å². The van der Waals surface area contributed by atoms with E-state index in [1.54, 1.807) is 0 Å². The van der Waals surface area contributed by atoms with E-state index in [0.717, 1.165) is 23.7 Å². The molecule has 8 atom stereocenters. The van der Waals surface area contributed by atoms with Gasteiger partial charge in [-0.2, -0.15) is 0 Å². The van der Waals surface area contributed by atoms with Gasteiger partial charge in [0, 0.05) is 12.1 Å². The first kappa shape index (κ1) is 16.8. The van der Waals surface area contributed by atoms with E-state index in [1.165, 1.54) is 64.2 Å². The minimum atomic E-state index is 0.388. The van der Waals surface area contributed by atoms with E-state index in [9.17, 15) is 0 Å².